The highest BCUT2D eigenvalue weighted by Gasteiger charge is 2.51. The lowest BCUT2D eigenvalue weighted by Crippen LogP contribution is -2.52. The number of H-pyrrole nitrogens is 1. The Morgan fingerprint density at radius 2 is 1.92 bits per heavy atom. The Morgan fingerprint density at radius 1 is 1.12 bits per heavy atom. The monoisotopic (exact) mass is 339 g/mol. The summed E-state index contributed by atoms with van der Waals surface area (Å²) >= 11 is 0. The first-order valence-electron chi connectivity index (χ1n) is 7.62. The summed E-state index contributed by atoms with van der Waals surface area (Å²) < 4.78 is 0. The molecule has 9 heteroatoms. The number of carbonyl (C=O) groups is 3. The Balaban J connectivity index is 1.78. The Morgan fingerprint density at radius 3 is 2.60 bits per heavy atom. The average molecular weight is 339 g/mol. The number of aromatic nitrogens is 2. The topological polar surface area (TPSA) is 124 Å². The number of nitrogens with zero attached hydrogens (tertiary/aromatic N) is 2. The van der Waals surface area contributed by atoms with Crippen molar-refractivity contribution in [3.63, 3.8) is 0 Å². The van der Waals surface area contributed by atoms with E-state index in [-0.39, 0.29) is 18.7 Å². The second-order valence-electron chi connectivity index (χ2n) is 5.84. The van der Waals surface area contributed by atoms with Crippen molar-refractivity contribution in [3.05, 3.63) is 58.0 Å². The van der Waals surface area contributed by atoms with Crippen molar-refractivity contribution in [2.24, 2.45) is 0 Å². The second-order valence-corrected chi connectivity index (χ2v) is 5.84. The maximum Gasteiger partial charge on any atom is 0.322 e. The van der Waals surface area contributed by atoms with Crippen LogP contribution in [0.2, 0.25) is 0 Å². The maximum atomic E-state index is 12.8. The number of hydrogen-bond donors (Lipinski definition) is 3. The molecule has 1 unspecified atom stereocenters. The summed E-state index contributed by atoms with van der Waals surface area (Å²) in [4.78, 5) is 49.4. The summed E-state index contributed by atoms with van der Waals surface area (Å²) in [7, 11) is 0. The van der Waals surface area contributed by atoms with E-state index >= 15 is 0 Å². The first-order chi connectivity index (χ1) is 12.0. The van der Waals surface area contributed by atoms with Crippen LogP contribution in [0.5, 0.6) is 0 Å². The molecule has 2 aromatic rings. The molecule has 1 aromatic heterocycles. The number of urea groups is 1. The van der Waals surface area contributed by atoms with Gasteiger partial charge in [-0.05, 0) is 12.1 Å². The number of aromatic amines is 1. The van der Waals surface area contributed by atoms with E-state index in [4.69, 9.17) is 0 Å². The molecule has 4 rings (SSSR count). The molecule has 1 aromatic carbocycles. The molecule has 2 aliphatic heterocycles. The third-order valence-corrected chi connectivity index (χ3v) is 4.45. The molecule has 1 fully saturated rings. The number of hydrogen-bond acceptors (Lipinski definition) is 5. The molecule has 1 saturated heterocycles. The predicted octanol–water partition coefficient (Wildman–Crippen LogP) is -0.145. The molecule has 0 saturated carbocycles. The van der Waals surface area contributed by atoms with E-state index in [1.165, 1.54) is 17.0 Å². The molecule has 4 amide bonds. The molecule has 0 radical (unpaired) electrons. The smallest absolute Gasteiger partial charge is 0.319 e. The summed E-state index contributed by atoms with van der Waals surface area (Å²) in [5.74, 6) is -0.831. The highest BCUT2D eigenvalue weighted by Crippen LogP contribution is 2.40. The number of nitrogens with one attached hydrogen (secondary N) is 3. The lowest BCUT2D eigenvalue weighted by molar-refractivity contribution is -0.124. The summed E-state index contributed by atoms with van der Waals surface area (Å²) in [5, 5.41) is 10.9. The van der Waals surface area contributed by atoms with Gasteiger partial charge in [0.2, 0.25) is 0 Å². The van der Waals surface area contributed by atoms with Gasteiger partial charge in [0.05, 0.1) is 5.69 Å². The summed E-state index contributed by atoms with van der Waals surface area (Å²) in [6, 6.07) is 8.91. The van der Waals surface area contributed by atoms with Gasteiger partial charge < -0.3 is 10.2 Å². The second kappa shape index (κ2) is 5.26. The van der Waals surface area contributed by atoms with Gasteiger partial charge >= 0.3 is 6.03 Å². The van der Waals surface area contributed by atoms with Gasteiger partial charge in [0.15, 0.2) is 0 Å². The number of amides is 4. The van der Waals surface area contributed by atoms with Crippen molar-refractivity contribution in [2.45, 2.75) is 12.0 Å². The van der Waals surface area contributed by atoms with E-state index in [1.807, 2.05) is 0 Å². The molecule has 1 atom stereocenters. The number of anilines is 1. The third-order valence-electron chi connectivity index (χ3n) is 4.45. The number of benzene rings is 1. The largest absolute Gasteiger partial charge is 0.322 e. The SMILES string of the molecule is O=C1NC(=O)C2(CCN(C(=O)c3ccc(=O)[nH]n3)c3ccccc32)N1. The van der Waals surface area contributed by atoms with Crippen molar-refractivity contribution in [2.75, 3.05) is 11.4 Å². The van der Waals surface area contributed by atoms with Gasteiger partial charge in [-0.2, -0.15) is 5.10 Å². The minimum Gasteiger partial charge on any atom is -0.319 e. The average Bonchev–Trinajstić information content (AvgIpc) is 2.90. The van der Waals surface area contributed by atoms with Crippen LogP contribution in [0.25, 0.3) is 0 Å². The van der Waals surface area contributed by atoms with Crippen molar-refractivity contribution in [1.29, 1.82) is 0 Å². The van der Waals surface area contributed by atoms with E-state index < -0.39 is 28.9 Å². The number of rotatable bonds is 1. The number of fused-ring (bicyclic) bond motifs is 2. The molecule has 126 valence electrons. The fourth-order valence-electron chi connectivity index (χ4n) is 3.27. The van der Waals surface area contributed by atoms with Crippen LogP contribution >= 0.6 is 0 Å². The van der Waals surface area contributed by atoms with E-state index in [0.717, 1.165) is 0 Å². The summed E-state index contributed by atoms with van der Waals surface area (Å²) in [6.07, 6.45) is 0.233. The van der Waals surface area contributed by atoms with Crippen molar-refractivity contribution >= 4 is 23.5 Å². The van der Waals surface area contributed by atoms with Gasteiger partial charge in [-0.15, -0.1) is 0 Å². The zero-order valence-electron chi connectivity index (χ0n) is 12.9. The lowest BCUT2D eigenvalue weighted by atomic mass is 9.82. The molecule has 9 nitrogen and oxygen atoms in total. The zero-order chi connectivity index (χ0) is 17.6. The van der Waals surface area contributed by atoms with E-state index in [0.29, 0.717) is 11.3 Å². The first-order valence-corrected chi connectivity index (χ1v) is 7.62. The van der Waals surface area contributed by atoms with Crippen LogP contribution in [0.1, 0.15) is 22.5 Å². The van der Waals surface area contributed by atoms with Crippen molar-refractivity contribution in [1.82, 2.24) is 20.8 Å². The Kier molecular flexibility index (Phi) is 3.17. The Labute approximate surface area is 141 Å². The summed E-state index contributed by atoms with van der Waals surface area (Å²) in [5.41, 5.74) is -0.431. The van der Waals surface area contributed by atoms with Gasteiger partial charge in [-0.25, -0.2) is 9.89 Å². The van der Waals surface area contributed by atoms with Gasteiger partial charge in [0.25, 0.3) is 17.4 Å². The minimum absolute atomic E-state index is 0.0882. The Hall–Kier alpha value is -3.49. The molecule has 1 spiro atoms. The normalized spacial score (nSPS) is 21.7. The molecule has 2 aliphatic rings. The van der Waals surface area contributed by atoms with Crippen molar-refractivity contribution in [3.8, 4) is 0 Å². The predicted molar refractivity (Wildman–Crippen MR) is 85.9 cm³/mol. The fourth-order valence-corrected chi connectivity index (χ4v) is 3.27. The lowest BCUT2D eigenvalue weighted by Gasteiger charge is -2.38. The number of imide groups is 1. The van der Waals surface area contributed by atoms with Gasteiger partial charge in [-0.1, -0.05) is 18.2 Å². The third kappa shape index (κ3) is 2.20. The van der Waals surface area contributed by atoms with Crippen LogP contribution in [0.4, 0.5) is 10.5 Å². The number of carbonyl (C=O) groups excluding carboxylic acids is 3. The van der Waals surface area contributed by atoms with Gasteiger partial charge in [0, 0.05) is 24.6 Å². The van der Waals surface area contributed by atoms with Gasteiger partial charge in [0.1, 0.15) is 11.2 Å². The van der Waals surface area contributed by atoms with Crippen LogP contribution in [-0.4, -0.2) is 34.6 Å². The summed E-state index contributed by atoms with van der Waals surface area (Å²) in [6.45, 7) is 0.213. The standard InChI is InChI=1S/C16H13N5O4/c22-12-6-5-10(19-20-12)13(23)21-8-7-16(14(24)17-15(25)18-16)9-3-1-2-4-11(9)21/h1-6H,7-8H2,(H,20,22)(H2,17,18,24,25). The van der Waals surface area contributed by atoms with Crippen LogP contribution < -0.4 is 21.1 Å². The van der Waals surface area contributed by atoms with Crippen LogP contribution in [-0.2, 0) is 10.3 Å². The molecule has 3 N–H and O–H groups in total. The Bertz CT molecular complexity index is 948. The van der Waals surface area contributed by atoms with Crippen LogP contribution in [0, 0.1) is 0 Å². The minimum atomic E-state index is -1.18. The molecular formula is C16H13N5O4. The van der Waals surface area contributed by atoms with Gasteiger partial charge in [-0.3, -0.25) is 19.7 Å². The number of para-hydroxylation sites is 1. The quantitative estimate of drug-likeness (QED) is 0.624. The van der Waals surface area contributed by atoms with E-state index in [1.54, 1.807) is 24.3 Å². The highest BCUT2D eigenvalue weighted by atomic mass is 16.2. The highest BCUT2D eigenvalue weighted by molar-refractivity contribution is 6.11. The first kappa shape index (κ1) is 15.1. The molecule has 3 heterocycles. The molecule has 25 heavy (non-hydrogen) atoms. The van der Waals surface area contributed by atoms with E-state index in [9.17, 15) is 19.2 Å². The fraction of sp³-hybridized carbons (Fsp3) is 0.188. The van der Waals surface area contributed by atoms with Crippen molar-refractivity contribution < 1.29 is 14.4 Å². The van der Waals surface area contributed by atoms with Crippen LogP contribution in [0.15, 0.2) is 41.2 Å². The molecular weight excluding hydrogens is 326 g/mol. The zero-order valence-corrected chi connectivity index (χ0v) is 12.9. The maximum absolute atomic E-state index is 12.8. The molecule has 0 aliphatic carbocycles. The van der Waals surface area contributed by atoms with Crippen LogP contribution in [0.3, 0.4) is 0 Å². The van der Waals surface area contributed by atoms with E-state index in [2.05, 4.69) is 20.8 Å². The molecule has 0 bridgehead atoms.